The molecule has 2 aromatic rings. The van der Waals surface area contributed by atoms with Crippen LogP contribution in [0, 0.1) is 5.82 Å². The third-order valence-electron chi connectivity index (χ3n) is 2.72. The number of carbonyl (C=O) groups excluding carboxylic acids is 1. The Balaban J connectivity index is 2.00. The van der Waals surface area contributed by atoms with Crippen LogP contribution in [0.4, 0.5) is 4.39 Å². The maximum absolute atomic E-state index is 13.9. The van der Waals surface area contributed by atoms with Crippen LogP contribution in [-0.4, -0.2) is 10.2 Å². The van der Waals surface area contributed by atoms with Crippen molar-refractivity contribution in [3.05, 3.63) is 52.0 Å². The highest BCUT2D eigenvalue weighted by atomic mass is 32.2. The largest absolute Gasteiger partial charge is 0.307 e. The van der Waals surface area contributed by atoms with Crippen molar-refractivity contribution in [1.29, 1.82) is 0 Å². The van der Waals surface area contributed by atoms with Gasteiger partial charge in [-0.1, -0.05) is 36.1 Å². The zero-order valence-electron chi connectivity index (χ0n) is 10.1. The molecule has 2 heterocycles. The molecule has 2 nitrogen and oxygen atoms in total. The summed E-state index contributed by atoms with van der Waals surface area (Å²) in [5.41, 5.74) is 1.32. The third-order valence-corrected chi connectivity index (χ3v) is 4.78. The van der Waals surface area contributed by atoms with E-state index in [1.54, 1.807) is 18.2 Å². The van der Waals surface area contributed by atoms with Gasteiger partial charge >= 0.3 is 0 Å². The lowest BCUT2D eigenvalue weighted by atomic mass is 10.1. The Morgan fingerprint density at radius 1 is 1.30 bits per heavy atom. The van der Waals surface area contributed by atoms with Crippen LogP contribution >= 0.6 is 35.3 Å². The molecular formula is C14H8FNOS3. The van der Waals surface area contributed by atoms with Crippen LogP contribution in [0.15, 0.2) is 40.6 Å². The molecule has 6 heteroatoms. The normalized spacial score (nSPS) is 16.8. The first kappa shape index (κ1) is 13.5. The number of thiocarbonyl (C=S) groups is 1. The minimum Gasteiger partial charge on any atom is -0.307 e. The van der Waals surface area contributed by atoms with Crippen LogP contribution in [0.1, 0.15) is 5.56 Å². The van der Waals surface area contributed by atoms with Crippen LogP contribution < -0.4 is 5.32 Å². The summed E-state index contributed by atoms with van der Waals surface area (Å²) in [6, 6.07) is 8.55. The van der Waals surface area contributed by atoms with Gasteiger partial charge in [0.05, 0.1) is 4.91 Å². The van der Waals surface area contributed by atoms with Crippen LogP contribution in [0.2, 0.25) is 0 Å². The van der Waals surface area contributed by atoms with Gasteiger partial charge in [0.25, 0.3) is 5.91 Å². The van der Waals surface area contributed by atoms with Crippen molar-refractivity contribution in [2.45, 2.75) is 0 Å². The lowest BCUT2D eigenvalue weighted by Crippen LogP contribution is -2.17. The number of thioether (sulfide) groups is 1. The van der Waals surface area contributed by atoms with E-state index in [4.69, 9.17) is 12.2 Å². The highest BCUT2D eigenvalue weighted by Gasteiger charge is 2.22. The number of halogens is 1. The fourth-order valence-corrected chi connectivity index (χ4v) is 3.61. The van der Waals surface area contributed by atoms with E-state index >= 15 is 0 Å². The zero-order valence-corrected chi connectivity index (χ0v) is 12.5. The number of hydrogen-bond donors (Lipinski definition) is 1. The van der Waals surface area contributed by atoms with Crippen molar-refractivity contribution in [3.63, 3.8) is 0 Å². The van der Waals surface area contributed by atoms with E-state index < -0.39 is 0 Å². The predicted molar refractivity (Wildman–Crippen MR) is 86.0 cm³/mol. The summed E-state index contributed by atoms with van der Waals surface area (Å²) in [6.45, 7) is 0. The van der Waals surface area contributed by atoms with Crippen molar-refractivity contribution >= 4 is 51.6 Å². The maximum Gasteiger partial charge on any atom is 0.263 e. The molecule has 1 aromatic heterocycles. The summed E-state index contributed by atoms with van der Waals surface area (Å²) in [6.07, 6.45) is 1.72. The molecule has 20 heavy (non-hydrogen) atoms. The smallest absolute Gasteiger partial charge is 0.263 e. The molecule has 1 aliphatic heterocycles. The highest BCUT2D eigenvalue weighted by Crippen LogP contribution is 2.30. The molecule has 1 amide bonds. The number of hydrogen-bond acceptors (Lipinski definition) is 4. The summed E-state index contributed by atoms with van der Waals surface area (Å²) in [5.74, 6) is -0.476. The van der Waals surface area contributed by atoms with E-state index in [0.717, 1.165) is 10.4 Å². The first-order valence-electron chi connectivity index (χ1n) is 5.72. The average Bonchev–Trinajstić information content (AvgIpc) is 3.02. The number of carbonyl (C=O) groups is 1. The van der Waals surface area contributed by atoms with Crippen LogP contribution in [0.3, 0.4) is 0 Å². The number of nitrogens with one attached hydrogen (secondary N) is 1. The molecule has 0 unspecified atom stereocenters. The van der Waals surface area contributed by atoms with Crippen molar-refractivity contribution in [2.24, 2.45) is 0 Å². The van der Waals surface area contributed by atoms with Gasteiger partial charge in [0.2, 0.25) is 0 Å². The van der Waals surface area contributed by atoms with E-state index in [2.05, 4.69) is 5.32 Å². The monoisotopic (exact) mass is 321 g/mol. The van der Waals surface area contributed by atoms with Crippen LogP contribution in [-0.2, 0) is 4.79 Å². The van der Waals surface area contributed by atoms with Crippen molar-refractivity contribution in [1.82, 2.24) is 5.32 Å². The van der Waals surface area contributed by atoms with Gasteiger partial charge in [-0.3, -0.25) is 4.79 Å². The van der Waals surface area contributed by atoms with Gasteiger partial charge in [-0.15, -0.1) is 11.3 Å². The van der Waals surface area contributed by atoms with Gasteiger partial charge in [0, 0.05) is 10.4 Å². The second-order valence-electron chi connectivity index (χ2n) is 4.07. The molecule has 0 aliphatic carbocycles. The summed E-state index contributed by atoms with van der Waals surface area (Å²) in [7, 11) is 0. The lowest BCUT2D eigenvalue weighted by Gasteiger charge is -2.02. The van der Waals surface area contributed by atoms with E-state index in [0.29, 0.717) is 14.8 Å². The Labute approximate surface area is 128 Å². The quantitative estimate of drug-likeness (QED) is 0.668. The topological polar surface area (TPSA) is 29.1 Å². The van der Waals surface area contributed by atoms with Crippen molar-refractivity contribution < 1.29 is 9.18 Å². The summed E-state index contributed by atoms with van der Waals surface area (Å²) < 4.78 is 14.3. The Morgan fingerprint density at radius 3 is 2.80 bits per heavy atom. The number of rotatable bonds is 2. The van der Waals surface area contributed by atoms with E-state index in [1.165, 1.54) is 29.2 Å². The zero-order chi connectivity index (χ0) is 14.1. The van der Waals surface area contributed by atoms with E-state index in [-0.39, 0.29) is 11.7 Å². The Kier molecular flexibility index (Phi) is 3.69. The molecule has 1 aromatic carbocycles. The molecule has 0 spiro atoms. The fourth-order valence-electron chi connectivity index (χ4n) is 1.83. The summed E-state index contributed by atoms with van der Waals surface area (Å²) in [5, 5.41) is 4.46. The maximum atomic E-state index is 13.9. The lowest BCUT2D eigenvalue weighted by molar-refractivity contribution is -0.115. The van der Waals surface area contributed by atoms with Gasteiger partial charge in [0.15, 0.2) is 0 Å². The molecule has 0 bridgehead atoms. The van der Waals surface area contributed by atoms with Crippen molar-refractivity contribution in [2.75, 3.05) is 0 Å². The molecule has 3 rings (SSSR count). The van der Waals surface area contributed by atoms with E-state index in [9.17, 15) is 9.18 Å². The van der Waals surface area contributed by atoms with Gasteiger partial charge < -0.3 is 5.32 Å². The Hall–Kier alpha value is -1.50. The van der Waals surface area contributed by atoms with E-state index in [1.807, 2.05) is 17.5 Å². The Bertz CT molecular complexity index is 722. The predicted octanol–water partition coefficient (Wildman–Crippen LogP) is 4.04. The molecule has 0 radical (unpaired) electrons. The minimum atomic E-state index is -0.270. The van der Waals surface area contributed by atoms with Gasteiger partial charge in [0.1, 0.15) is 10.1 Å². The average molecular weight is 321 g/mol. The molecule has 1 saturated heterocycles. The molecule has 1 N–H and O–H groups in total. The van der Waals surface area contributed by atoms with Gasteiger partial charge in [-0.25, -0.2) is 4.39 Å². The standard InChI is InChI=1S/C14H8FNOS3/c15-10-4-3-8(6-9(10)11-2-1-5-19-11)7-12-13(17)16-14(18)20-12/h1-7H,(H,16,17,18). The molecule has 0 atom stereocenters. The molecule has 100 valence electrons. The summed E-state index contributed by atoms with van der Waals surface area (Å²) in [4.78, 5) is 13.0. The minimum absolute atomic E-state index is 0.206. The van der Waals surface area contributed by atoms with Crippen LogP contribution in [0.25, 0.3) is 16.5 Å². The fraction of sp³-hybridized carbons (Fsp3) is 0. The molecule has 0 saturated carbocycles. The molecule has 1 fully saturated rings. The molecule has 1 aliphatic rings. The number of thiophene rings is 1. The second kappa shape index (κ2) is 5.47. The second-order valence-corrected chi connectivity index (χ2v) is 6.74. The first-order valence-corrected chi connectivity index (χ1v) is 7.82. The van der Waals surface area contributed by atoms with Gasteiger partial charge in [-0.2, -0.15) is 0 Å². The third kappa shape index (κ3) is 2.67. The highest BCUT2D eigenvalue weighted by molar-refractivity contribution is 8.26. The van der Waals surface area contributed by atoms with Gasteiger partial charge in [-0.05, 0) is 35.2 Å². The Morgan fingerprint density at radius 2 is 2.15 bits per heavy atom. The first-order chi connectivity index (χ1) is 9.63. The SMILES string of the molecule is O=C1NC(=S)SC1=Cc1ccc(F)c(-c2cccs2)c1. The molecular weight excluding hydrogens is 313 g/mol. The number of benzene rings is 1. The van der Waals surface area contributed by atoms with Crippen LogP contribution in [0.5, 0.6) is 0 Å². The number of amides is 1. The summed E-state index contributed by atoms with van der Waals surface area (Å²) >= 11 is 7.63. The van der Waals surface area contributed by atoms with Crippen molar-refractivity contribution in [3.8, 4) is 10.4 Å².